The maximum atomic E-state index is 5.83. The fourth-order valence-corrected chi connectivity index (χ4v) is 1.89. The van der Waals surface area contributed by atoms with E-state index in [4.69, 9.17) is 11.6 Å². The van der Waals surface area contributed by atoms with Gasteiger partial charge in [-0.15, -0.1) is 11.6 Å². The van der Waals surface area contributed by atoms with E-state index in [0.29, 0.717) is 5.88 Å². The van der Waals surface area contributed by atoms with Gasteiger partial charge in [0.15, 0.2) is 0 Å². The quantitative estimate of drug-likeness (QED) is 0.582. The zero-order valence-corrected chi connectivity index (χ0v) is 8.63. The minimum absolute atomic E-state index is 0.584. The van der Waals surface area contributed by atoms with E-state index in [9.17, 15) is 0 Å². The molecule has 0 nitrogen and oxygen atoms in total. The lowest BCUT2D eigenvalue weighted by Crippen LogP contribution is -1.96. The summed E-state index contributed by atoms with van der Waals surface area (Å²) >= 11 is 5.83. The molecule has 0 aliphatic carbocycles. The highest BCUT2D eigenvalue weighted by Crippen LogP contribution is 2.22. The number of hydrogen-bond donors (Lipinski definition) is 0. The Labute approximate surface area is 79.6 Å². The molecule has 1 radical (unpaired) electrons. The van der Waals surface area contributed by atoms with Gasteiger partial charge in [-0.1, -0.05) is 6.07 Å². The third-order valence-corrected chi connectivity index (χ3v) is 2.69. The van der Waals surface area contributed by atoms with E-state index in [1.54, 1.807) is 0 Å². The summed E-state index contributed by atoms with van der Waals surface area (Å²) in [5, 5.41) is 0. The Bertz CT molecular complexity index is 300. The Morgan fingerprint density at radius 1 is 1.25 bits per heavy atom. The van der Waals surface area contributed by atoms with E-state index >= 15 is 0 Å². The van der Waals surface area contributed by atoms with Crippen LogP contribution in [0.4, 0.5) is 0 Å². The molecular weight excluding hydrogens is 168 g/mol. The van der Waals surface area contributed by atoms with Gasteiger partial charge in [0.1, 0.15) is 0 Å². The zero-order chi connectivity index (χ0) is 9.30. The number of rotatable bonds is 1. The third kappa shape index (κ3) is 1.49. The van der Waals surface area contributed by atoms with Crippen LogP contribution in [0.15, 0.2) is 6.07 Å². The number of hydrogen-bond acceptors (Lipinski definition) is 0. The Balaban J connectivity index is 3.40. The number of benzene rings is 1. The predicted molar refractivity (Wildman–Crippen MR) is 54.7 cm³/mol. The smallest absolute Gasteiger partial charge is 0.0479 e. The van der Waals surface area contributed by atoms with Crippen molar-refractivity contribution in [2.24, 2.45) is 0 Å². The van der Waals surface area contributed by atoms with Gasteiger partial charge in [0.2, 0.25) is 0 Å². The van der Waals surface area contributed by atoms with Crippen LogP contribution in [0.1, 0.15) is 27.8 Å². The second kappa shape index (κ2) is 3.49. The maximum Gasteiger partial charge on any atom is 0.0479 e. The van der Waals surface area contributed by atoms with Crippen molar-refractivity contribution >= 4 is 11.6 Å². The molecule has 65 valence electrons. The average Bonchev–Trinajstić information content (AvgIpc) is 2.01. The SMILES string of the molecule is [CH2]c1c(C)cc(C)c(CCl)c1C. The monoisotopic (exact) mass is 181 g/mol. The molecule has 0 bridgehead atoms. The van der Waals surface area contributed by atoms with Crippen LogP contribution < -0.4 is 0 Å². The Kier molecular flexibility index (Phi) is 2.79. The largest absolute Gasteiger partial charge is 0.122 e. The molecule has 0 amide bonds. The normalized spacial score (nSPS) is 10.4. The van der Waals surface area contributed by atoms with Crippen molar-refractivity contribution in [1.29, 1.82) is 0 Å². The summed E-state index contributed by atoms with van der Waals surface area (Å²) in [6.45, 7) is 10.3. The predicted octanol–water partition coefficient (Wildman–Crippen LogP) is 3.53. The van der Waals surface area contributed by atoms with Gasteiger partial charge in [-0.05, 0) is 55.5 Å². The first-order valence-corrected chi connectivity index (χ1v) is 4.59. The second-order valence-electron chi connectivity index (χ2n) is 3.23. The van der Waals surface area contributed by atoms with E-state index < -0.39 is 0 Å². The Morgan fingerprint density at radius 2 is 1.83 bits per heavy atom. The minimum Gasteiger partial charge on any atom is -0.122 e. The number of halogens is 1. The standard InChI is InChI=1S/C11H14Cl/c1-7-5-8(2)11(6-12)10(4)9(7)3/h5H,3,6H2,1-2,4H3. The fourth-order valence-electron chi connectivity index (χ4n) is 1.48. The van der Waals surface area contributed by atoms with Gasteiger partial charge in [0, 0.05) is 5.88 Å². The molecule has 0 N–H and O–H groups in total. The minimum atomic E-state index is 0.584. The summed E-state index contributed by atoms with van der Waals surface area (Å²) in [5.74, 6) is 0.584. The Hall–Kier alpha value is -0.490. The Morgan fingerprint density at radius 3 is 2.33 bits per heavy atom. The molecular formula is C11H14Cl. The lowest BCUT2D eigenvalue weighted by Gasteiger charge is -2.12. The van der Waals surface area contributed by atoms with Crippen LogP contribution in [-0.4, -0.2) is 0 Å². The van der Waals surface area contributed by atoms with Gasteiger partial charge in [0.05, 0.1) is 0 Å². The van der Waals surface area contributed by atoms with Crippen molar-refractivity contribution in [3.05, 3.63) is 40.8 Å². The second-order valence-corrected chi connectivity index (χ2v) is 3.49. The van der Waals surface area contributed by atoms with Gasteiger partial charge in [-0.25, -0.2) is 0 Å². The molecule has 12 heavy (non-hydrogen) atoms. The van der Waals surface area contributed by atoms with Crippen molar-refractivity contribution in [2.45, 2.75) is 26.7 Å². The molecule has 1 aromatic carbocycles. The lowest BCUT2D eigenvalue weighted by atomic mass is 9.95. The highest BCUT2D eigenvalue weighted by molar-refractivity contribution is 6.17. The molecule has 1 heteroatoms. The van der Waals surface area contributed by atoms with Crippen LogP contribution >= 0.6 is 11.6 Å². The van der Waals surface area contributed by atoms with Crippen molar-refractivity contribution < 1.29 is 0 Å². The van der Waals surface area contributed by atoms with Gasteiger partial charge in [0.25, 0.3) is 0 Å². The van der Waals surface area contributed by atoms with Crippen LogP contribution in [-0.2, 0) is 5.88 Å². The molecule has 0 heterocycles. The summed E-state index contributed by atoms with van der Waals surface area (Å²) in [5.41, 5.74) is 6.11. The summed E-state index contributed by atoms with van der Waals surface area (Å²) in [4.78, 5) is 0. The summed E-state index contributed by atoms with van der Waals surface area (Å²) < 4.78 is 0. The van der Waals surface area contributed by atoms with Crippen LogP contribution in [0.2, 0.25) is 0 Å². The molecule has 0 saturated heterocycles. The molecule has 0 saturated carbocycles. The van der Waals surface area contributed by atoms with Crippen molar-refractivity contribution in [3.8, 4) is 0 Å². The highest BCUT2D eigenvalue weighted by atomic mass is 35.5. The molecule has 0 fully saturated rings. The molecule has 1 rings (SSSR count). The van der Waals surface area contributed by atoms with Crippen molar-refractivity contribution in [2.75, 3.05) is 0 Å². The van der Waals surface area contributed by atoms with Crippen molar-refractivity contribution in [1.82, 2.24) is 0 Å². The molecule has 0 aliphatic rings. The van der Waals surface area contributed by atoms with E-state index in [0.717, 1.165) is 5.56 Å². The van der Waals surface area contributed by atoms with E-state index in [1.165, 1.54) is 22.3 Å². The van der Waals surface area contributed by atoms with Gasteiger partial charge >= 0.3 is 0 Å². The molecule has 0 spiro atoms. The zero-order valence-electron chi connectivity index (χ0n) is 7.87. The van der Waals surface area contributed by atoms with Crippen molar-refractivity contribution in [3.63, 3.8) is 0 Å². The lowest BCUT2D eigenvalue weighted by molar-refractivity contribution is 1.19. The third-order valence-electron chi connectivity index (χ3n) is 2.42. The average molecular weight is 182 g/mol. The first-order chi connectivity index (χ1) is 5.57. The summed E-state index contributed by atoms with van der Waals surface area (Å²) in [6, 6.07) is 2.15. The van der Waals surface area contributed by atoms with Gasteiger partial charge in [-0.3, -0.25) is 0 Å². The van der Waals surface area contributed by atoms with Crippen LogP contribution in [0, 0.1) is 27.7 Å². The topological polar surface area (TPSA) is 0 Å². The highest BCUT2D eigenvalue weighted by Gasteiger charge is 2.05. The van der Waals surface area contributed by atoms with Crippen LogP contribution in [0.5, 0.6) is 0 Å². The first kappa shape index (κ1) is 9.60. The summed E-state index contributed by atoms with van der Waals surface area (Å²) in [7, 11) is 0. The summed E-state index contributed by atoms with van der Waals surface area (Å²) in [6.07, 6.45) is 0. The van der Waals surface area contributed by atoms with E-state index in [1.807, 2.05) is 0 Å². The first-order valence-electron chi connectivity index (χ1n) is 4.05. The number of alkyl halides is 1. The molecule has 0 aromatic heterocycles. The van der Waals surface area contributed by atoms with Gasteiger partial charge < -0.3 is 0 Å². The van der Waals surface area contributed by atoms with E-state index in [-0.39, 0.29) is 0 Å². The number of aryl methyl sites for hydroxylation is 2. The molecule has 0 atom stereocenters. The van der Waals surface area contributed by atoms with Crippen LogP contribution in [0.25, 0.3) is 0 Å². The maximum absolute atomic E-state index is 5.83. The van der Waals surface area contributed by atoms with E-state index in [2.05, 4.69) is 33.8 Å². The molecule has 0 unspecified atom stereocenters. The molecule has 0 aliphatic heterocycles. The van der Waals surface area contributed by atoms with Gasteiger partial charge in [-0.2, -0.15) is 0 Å². The fraction of sp³-hybridized carbons (Fsp3) is 0.364. The molecule has 1 aromatic rings. The van der Waals surface area contributed by atoms with Crippen LogP contribution in [0.3, 0.4) is 0 Å².